The summed E-state index contributed by atoms with van der Waals surface area (Å²) in [7, 11) is -8.84. The van der Waals surface area contributed by atoms with Crippen LogP contribution in [0.3, 0.4) is 0 Å². The molecule has 1 aliphatic carbocycles. The van der Waals surface area contributed by atoms with Crippen LogP contribution in [0.5, 0.6) is 11.5 Å². The SMILES string of the molecule is C=C(c1ccc(OC)c(NC(=O)OCc2ccc(OP(=O)(O)OP(=O)(O)OCCNC(=O)OCC3c4ccccc4-c4ccccc43)cc2)c1)c1cc(C)nc2ccccc12. The van der Waals surface area contributed by atoms with E-state index >= 15 is 0 Å². The summed E-state index contributed by atoms with van der Waals surface area (Å²) in [5.41, 5.74) is 9.06. The predicted octanol–water partition coefficient (Wildman–Crippen LogP) is 9.51. The van der Waals surface area contributed by atoms with E-state index in [4.69, 9.17) is 23.3 Å². The maximum atomic E-state index is 12.9. The quantitative estimate of drug-likeness (QED) is 0.0530. The number of rotatable bonds is 16. The molecule has 0 aliphatic heterocycles. The van der Waals surface area contributed by atoms with Gasteiger partial charge in [-0.25, -0.2) is 18.7 Å². The minimum absolute atomic E-state index is 0.0605. The molecular weight excluding hydrogens is 824 g/mol. The molecule has 0 spiro atoms. The largest absolute Gasteiger partial charge is 0.536 e. The Morgan fingerprint density at radius 3 is 2.18 bits per heavy atom. The van der Waals surface area contributed by atoms with E-state index in [1.165, 1.54) is 31.4 Å². The summed E-state index contributed by atoms with van der Waals surface area (Å²) in [6.07, 6.45) is -1.57. The fraction of sp³-hybridized carbons (Fsp3) is 0.159. The molecule has 2 amide bonds. The zero-order valence-corrected chi connectivity index (χ0v) is 34.8. The number of benzene rings is 5. The van der Waals surface area contributed by atoms with Crippen LogP contribution >= 0.6 is 15.6 Å². The first kappa shape index (κ1) is 42.8. The molecule has 61 heavy (non-hydrogen) atoms. The lowest BCUT2D eigenvalue weighted by atomic mass is 9.95. The van der Waals surface area contributed by atoms with Gasteiger partial charge >= 0.3 is 27.8 Å². The molecule has 7 rings (SSSR count). The smallest absolute Gasteiger partial charge is 0.495 e. The third-order valence-electron chi connectivity index (χ3n) is 9.64. The Morgan fingerprint density at radius 1 is 0.803 bits per heavy atom. The lowest BCUT2D eigenvalue weighted by molar-refractivity contribution is 0.137. The number of phosphoric acid groups is 2. The van der Waals surface area contributed by atoms with Crippen LogP contribution in [-0.4, -0.2) is 53.8 Å². The molecular formula is C44H41N3O12P2. The van der Waals surface area contributed by atoms with E-state index in [1.807, 2.05) is 91.9 Å². The highest BCUT2D eigenvalue weighted by atomic mass is 31.3. The van der Waals surface area contributed by atoms with Gasteiger partial charge in [0.15, 0.2) is 0 Å². The lowest BCUT2D eigenvalue weighted by Gasteiger charge is -2.17. The number of phosphoric ester groups is 2. The van der Waals surface area contributed by atoms with Gasteiger partial charge in [-0.05, 0) is 87.8 Å². The number of aryl methyl sites for hydroxylation is 1. The summed E-state index contributed by atoms with van der Waals surface area (Å²) in [5.74, 6) is 0.0340. The van der Waals surface area contributed by atoms with Gasteiger partial charge in [-0.3, -0.25) is 19.7 Å². The molecule has 0 bridgehead atoms. The Kier molecular flexibility index (Phi) is 13.0. The normalized spacial score (nSPS) is 13.8. The second-order valence-electron chi connectivity index (χ2n) is 13.8. The van der Waals surface area contributed by atoms with Gasteiger partial charge < -0.3 is 28.9 Å². The lowest BCUT2D eigenvalue weighted by Crippen LogP contribution is -2.29. The number of nitrogens with zero attached hydrogens (tertiary/aromatic N) is 1. The number of carbonyl (C=O) groups is 2. The van der Waals surface area contributed by atoms with Crippen molar-refractivity contribution in [2.45, 2.75) is 19.4 Å². The summed E-state index contributed by atoms with van der Waals surface area (Å²) in [6.45, 7) is 5.26. The van der Waals surface area contributed by atoms with Crippen LogP contribution in [-0.2, 0) is 34.0 Å². The van der Waals surface area contributed by atoms with Crippen LogP contribution in [0.25, 0.3) is 27.6 Å². The molecule has 2 unspecified atom stereocenters. The van der Waals surface area contributed by atoms with Crippen molar-refractivity contribution in [2.24, 2.45) is 0 Å². The van der Waals surface area contributed by atoms with Gasteiger partial charge in [-0.2, -0.15) is 4.31 Å². The van der Waals surface area contributed by atoms with Gasteiger partial charge in [0.25, 0.3) is 0 Å². The minimum atomic E-state index is -5.19. The molecule has 15 nitrogen and oxygen atoms in total. The van der Waals surface area contributed by atoms with Crippen LogP contribution in [0.1, 0.15) is 39.4 Å². The van der Waals surface area contributed by atoms with Crippen molar-refractivity contribution in [3.05, 3.63) is 161 Å². The predicted molar refractivity (Wildman–Crippen MR) is 228 cm³/mol. The van der Waals surface area contributed by atoms with E-state index < -0.39 is 34.4 Å². The van der Waals surface area contributed by atoms with Crippen molar-refractivity contribution >= 4 is 50.0 Å². The number of hydrogen-bond acceptors (Lipinski definition) is 11. The summed E-state index contributed by atoms with van der Waals surface area (Å²) in [4.78, 5) is 50.1. The van der Waals surface area contributed by atoms with Gasteiger partial charge in [0, 0.05) is 23.5 Å². The Hall–Kier alpha value is -6.31. The molecule has 0 saturated heterocycles. The molecule has 0 radical (unpaired) electrons. The highest BCUT2D eigenvalue weighted by Crippen LogP contribution is 2.60. The highest BCUT2D eigenvalue weighted by Gasteiger charge is 2.37. The first-order chi connectivity index (χ1) is 29.3. The molecule has 17 heteroatoms. The average molecular weight is 866 g/mol. The van der Waals surface area contributed by atoms with Gasteiger partial charge in [0.05, 0.1) is 24.9 Å². The van der Waals surface area contributed by atoms with Gasteiger partial charge in [0.1, 0.15) is 24.7 Å². The number of fused-ring (bicyclic) bond motifs is 4. The standard InChI is InChI=1S/C44H41N3O12P2/c1-28-24-38(37-14-8-9-15-40(37)46-28)29(2)31-18-21-42(54-3)41(25-31)47-44(49)55-26-30-16-19-32(20-17-30)58-61(52,53)59-60(50,51)57-23-22-45-43(48)56-27-39-35-12-6-4-10-33(35)34-11-5-7-13-36(34)39/h4-21,24-25,39H,2,22-23,26-27H2,1,3H3,(H,45,48)(H,47,49)(H,50,51)(H,52,53). The number of pyridine rings is 1. The maximum Gasteiger partial charge on any atom is 0.536 e. The van der Waals surface area contributed by atoms with Crippen LogP contribution < -0.4 is 19.9 Å². The van der Waals surface area contributed by atoms with Gasteiger partial charge in [0.2, 0.25) is 0 Å². The van der Waals surface area contributed by atoms with E-state index in [1.54, 1.807) is 12.1 Å². The second kappa shape index (κ2) is 18.5. The second-order valence-corrected chi connectivity index (χ2v) is 16.7. The number of alkyl carbamates (subject to hydrolysis) is 1. The summed E-state index contributed by atoms with van der Waals surface area (Å²) < 4.78 is 55.4. The van der Waals surface area contributed by atoms with E-state index in [-0.39, 0.29) is 31.4 Å². The third kappa shape index (κ3) is 10.5. The molecule has 4 N–H and O–H groups in total. The number of ether oxygens (including phenoxy) is 3. The van der Waals surface area contributed by atoms with Crippen molar-refractivity contribution < 1.29 is 56.1 Å². The highest BCUT2D eigenvalue weighted by molar-refractivity contribution is 7.61. The Bertz CT molecular complexity index is 2660. The number of methoxy groups -OCH3 is 1. The third-order valence-corrected chi connectivity index (χ3v) is 12.2. The number of amides is 2. The van der Waals surface area contributed by atoms with Crippen molar-refractivity contribution in [3.8, 4) is 22.6 Å². The molecule has 2 atom stereocenters. The van der Waals surface area contributed by atoms with E-state index in [0.717, 1.165) is 55.6 Å². The van der Waals surface area contributed by atoms with Gasteiger partial charge in [-0.1, -0.05) is 91.5 Å². The molecule has 5 aromatic carbocycles. The number of aromatic nitrogens is 1. The van der Waals surface area contributed by atoms with E-state index in [2.05, 4.69) is 26.5 Å². The number of para-hydroxylation sites is 1. The monoisotopic (exact) mass is 865 g/mol. The Morgan fingerprint density at radius 2 is 1.48 bits per heavy atom. The number of hydrogen-bond donors (Lipinski definition) is 4. The van der Waals surface area contributed by atoms with Crippen molar-refractivity contribution in [1.82, 2.24) is 10.3 Å². The van der Waals surface area contributed by atoms with Crippen molar-refractivity contribution in [2.75, 3.05) is 32.2 Å². The maximum absolute atomic E-state index is 12.9. The van der Waals surface area contributed by atoms with E-state index in [0.29, 0.717) is 17.0 Å². The fourth-order valence-corrected chi connectivity index (χ4v) is 8.99. The first-order valence-electron chi connectivity index (χ1n) is 18.9. The summed E-state index contributed by atoms with van der Waals surface area (Å²) in [5, 5.41) is 6.04. The Balaban J connectivity index is 0.850. The number of anilines is 1. The zero-order chi connectivity index (χ0) is 43.1. The van der Waals surface area contributed by atoms with Crippen molar-refractivity contribution in [1.29, 1.82) is 0 Å². The summed E-state index contributed by atoms with van der Waals surface area (Å²) >= 11 is 0. The fourth-order valence-electron chi connectivity index (χ4n) is 6.92. The molecule has 1 aliphatic rings. The van der Waals surface area contributed by atoms with Crippen LogP contribution in [0.4, 0.5) is 15.3 Å². The number of carbonyl (C=O) groups excluding carboxylic acids is 2. The zero-order valence-electron chi connectivity index (χ0n) is 33.0. The minimum Gasteiger partial charge on any atom is -0.495 e. The number of nitrogens with one attached hydrogen (secondary N) is 2. The van der Waals surface area contributed by atoms with Crippen LogP contribution in [0.2, 0.25) is 0 Å². The molecule has 0 saturated carbocycles. The molecule has 314 valence electrons. The first-order valence-corrected chi connectivity index (χ1v) is 21.8. The average Bonchev–Trinajstić information content (AvgIpc) is 3.56. The van der Waals surface area contributed by atoms with E-state index in [9.17, 15) is 28.5 Å². The molecule has 6 aromatic rings. The topological polar surface area (TPSA) is 201 Å². The molecule has 1 aromatic heterocycles. The van der Waals surface area contributed by atoms with Crippen molar-refractivity contribution in [3.63, 3.8) is 0 Å². The van der Waals surface area contributed by atoms with Crippen LogP contribution in [0, 0.1) is 6.92 Å². The van der Waals surface area contributed by atoms with Crippen LogP contribution in [0.15, 0.2) is 128 Å². The molecule has 1 heterocycles. The molecule has 0 fully saturated rings. The Labute approximate surface area is 351 Å². The van der Waals surface area contributed by atoms with Gasteiger partial charge in [-0.15, -0.1) is 0 Å². The summed E-state index contributed by atoms with van der Waals surface area (Å²) in [6, 6.07) is 36.1.